The molecule has 0 aliphatic carbocycles. The van der Waals surface area contributed by atoms with Crippen molar-refractivity contribution in [2.75, 3.05) is 13.1 Å². The van der Waals surface area contributed by atoms with Crippen LogP contribution in [0.15, 0.2) is 30.5 Å². The lowest BCUT2D eigenvalue weighted by Crippen LogP contribution is -2.34. The third kappa shape index (κ3) is 3.14. The van der Waals surface area contributed by atoms with E-state index < -0.39 is 0 Å². The number of fused-ring (bicyclic) bond motifs is 1. The lowest BCUT2D eigenvalue weighted by atomic mass is 10.1. The summed E-state index contributed by atoms with van der Waals surface area (Å²) in [4.78, 5) is 4.16. The molecular weight excluding hydrogens is 267 g/mol. The highest BCUT2D eigenvalue weighted by Crippen LogP contribution is 2.26. The summed E-state index contributed by atoms with van der Waals surface area (Å²) < 4.78 is 19.1. The molecule has 1 aliphatic heterocycles. The molecule has 3 nitrogen and oxygen atoms in total. The van der Waals surface area contributed by atoms with Crippen LogP contribution in [0.25, 0.3) is 10.9 Å². The van der Waals surface area contributed by atoms with Gasteiger partial charge in [0.25, 0.3) is 0 Å². The first-order valence-electron chi connectivity index (χ1n) is 6.24. The molecule has 0 atom stereocenters. The van der Waals surface area contributed by atoms with Crippen LogP contribution in [0.1, 0.15) is 12.8 Å². The highest BCUT2D eigenvalue weighted by molar-refractivity contribution is 5.85. The minimum Gasteiger partial charge on any atom is -0.490 e. The molecule has 102 valence electrons. The number of rotatable bonds is 2. The van der Waals surface area contributed by atoms with E-state index in [2.05, 4.69) is 10.3 Å². The first-order valence-corrected chi connectivity index (χ1v) is 6.24. The first-order chi connectivity index (χ1) is 8.83. The molecule has 1 N–H and O–H groups in total. The van der Waals surface area contributed by atoms with Gasteiger partial charge in [0.05, 0.1) is 5.52 Å². The first kappa shape index (κ1) is 14.0. The summed E-state index contributed by atoms with van der Waals surface area (Å²) in [7, 11) is 0. The van der Waals surface area contributed by atoms with Crippen molar-refractivity contribution in [3.63, 3.8) is 0 Å². The molecule has 3 rings (SSSR count). The van der Waals surface area contributed by atoms with E-state index in [0.29, 0.717) is 5.52 Å². The zero-order valence-corrected chi connectivity index (χ0v) is 11.3. The van der Waals surface area contributed by atoms with Gasteiger partial charge in [-0.1, -0.05) is 0 Å². The largest absolute Gasteiger partial charge is 0.490 e. The SMILES string of the molecule is Cl.Fc1ccc2c(OC3CCNCC3)ccnc2c1. The van der Waals surface area contributed by atoms with Crippen molar-refractivity contribution in [1.29, 1.82) is 0 Å². The van der Waals surface area contributed by atoms with Crippen LogP contribution in [-0.2, 0) is 0 Å². The summed E-state index contributed by atoms with van der Waals surface area (Å²) in [5.74, 6) is 0.529. The fraction of sp³-hybridized carbons (Fsp3) is 0.357. The molecular formula is C14H16ClFN2O. The van der Waals surface area contributed by atoms with Gasteiger partial charge in [-0.25, -0.2) is 4.39 Å². The number of aromatic nitrogens is 1. The Kier molecular flexibility index (Phi) is 4.56. The van der Waals surface area contributed by atoms with Crippen LogP contribution in [0.5, 0.6) is 5.75 Å². The number of benzene rings is 1. The minimum atomic E-state index is -0.269. The highest BCUT2D eigenvalue weighted by atomic mass is 35.5. The number of hydrogen-bond acceptors (Lipinski definition) is 3. The normalized spacial score (nSPS) is 16.1. The van der Waals surface area contributed by atoms with Crippen molar-refractivity contribution >= 4 is 23.3 Å². The maximum Gasteiger partial charge on any atom is 0.130 e. The second kappa shape index (κ2) is 6.17. The molecule has 0 spiro atoms. The van der Waals surface area contributed by atoms with Gasteiger partial charge in [-0.05, 0) is 44.1 Å². The van der Waals surface area contributed by atoms with Gasteiger partial charge in [0.1, 0.15) is 17.7 Å². The topological polar surface area (TPSA) is 34.1 Å². The average Bonchev–Trinajstić information content (AvgIpc) is 2.40. The van der Waals surface area contributed by atoms with Gasteiger partial charge in [-0.3, -0.25) is 4.98 Å². The van der Waals surface area contributed by atoms with Crippen LogP contribution in [0.3, 0.4) is 0 Å². The van der Waals surface area contributed by atoms with Gasteiger partial charge in [0, 0.05) is 17.6 Å². The summed E-state index contributed by atoms with van der Waals surface area (Å²) in [5, 5.41) is 4.18. The Labute approximate surface area is 117 Å². The molecule has 1 aliphatic rings. The lowest BCUT2D eigenvalue weighted by molar-refractivity contribution is 0.164. The third-order valence-corrected chi connectivity index (χ3v) is 3.24. The molecule has 1 aromatic carbocycles. The molecule has 0 unspecified atom stereocenters. The van der Waals surface area contributed by atoms with Crippen molar-refractivity contribution < 1.29 is 9.13 Å². The van der Waals surface area contributed by atoms with Gasteiger partial charge in [-0.2, -0.15) is 0 Å². The fourth-order valence-corrected chi connectivity index (χ4v) is 2.29. The summed E-state index contributed by atoms with van der Waals surface area (Å²) >= 11 is 0. The Hall–Kier alpha value is -1.39. The standard InChI is InChI=1S/C14H15FN2O.ClH/c15-10-1-2-12-13(9-10)17-8-5-14(12)18-11-3-6-16-7-4-11;/h1-2,5,8-9,11,16H,3-4,6-7H2;1H. The number of piperidine rings is 1. The van der Waals surface area contributed by atoms with Crippen molar-refractivity contribution in [3.8, 4) is 5.75 Å². The lowest BCUT2D eigenvalue weighted by Gasteiger charge is -2.24. The molecule has 1 aromatic heterocycles. The summed E-state index contributed by atoms with van der Waals surface area (Å²) in [6, 6.07) is 6.46. The van der Waals surface area contributed by atoms with E-state index in [-0.39, 0.29) is 24.3 Å². The number of nitrogens with one attached hydrogen (secondary N) is 1. The Morgan fingerprint density at radius 1 is 1.21 bits per heavy atom. The molecule has 1 saturated heterocycles. The molecule has 0 radical (unpaired) electrons. The molecule has 5 heteroatoms. The summed E-state index contributed by atoms with van der Waals surface area (Å²) in [6.07, 6.45) is 3.91. The van der Waals surface area contributed by atoms with Gasteiger partial charge in [0.2, 0.25) is 0 Å². The Bertz CT molecular complexity index is 558. The van der Waals surface area contributed by atoms with Crippen LogP contribution < -0.4 is 10.1 Å². The second-order valence-electron chi connectivity index (χ2n) is 4.54. The summed E-state index contributed by atoms with van der Waals surface area (Å²) in [5.41, 5.74) is 0.640. The average molecular weight is 283 g/mol. The van der Waals surface area contributed by atoms with Gasteiger partial charge >= 0.3 is 0 Å². The van der Waals surface area contributed by atoms with E-state index in [1.807, 2.05) is 6.07 Å². The Morgan fingerprint density at radius 3 is 2.79 bits per heavy atom. The zero-order chi connectivity index (χ0) is 12.4. The number of nitrogens with zero attached hydrogens (tertiary/aromatic N) is 1. The van der Waals surface area contributed by atoms with E-state index in [1.54, 1.807) is 12.3 Å². The number of ether oxygens (including phenoxy) is 1. The maximum absolute atomic E-state index is 13.1. The van der Waals surface area contributed by atoms with E-state index in [1.165, 1.54) is 12.1 Å². The van der Waals surface area contributed by atoms with Crippen LogP contribution in [0.4, 0.5) is 4.39 Å². The smallest absolute Gasteiger partial charge is 0.130 e. The Morgan fingerprint density at radius 2 is 2.00 bits per heavy atom. The van der Waals surface area contributed by atoms with Gasteiger partial charge in [-0.15, -0.1) is 12.4 Å². The van der Waals surface area contributed by atoms with Crippen LogP contribution in [0.2, 0.25) is 0 Å². The molecule has 1 fully saturated rings. The number of halogens is 2. The summed E-state index contributed by atoms with van der Waals surface area (Å²) in [6.45, 7) is 1.98. The van der Waals surface area contributed by atoms with Crippen LogP contribution in [0, 0.1) is 5.82 Å². The predicted molar refractivity (Wildman–Crippen MR) is 75.5 cm³/mol. The molecule has 0 amide bonds. The van der Waals surface area contributed by atoms with E-state index in [9.17, 15) is 4.39 Å². The van der Waals surface area contributed by atoms with Gasteiger partial charge in [0.15, 0.2) is 0 Å². The Balaban J connectivity index is 0.00000133. The van der Waals surface area contributed by atoms with Crippen molar-refractivity contribution in [1.82, 2.24) is 10.3 Å². The van der Waals surface area contributed by atoms with Crippen LogP contribution in [-0.4, -0.2) is 24.2 Å². The van der Waals surface area contributed by atoms with Crippen molar-refractivity contribution in [2.24, 2.45) is 0 Å². The molecule has 0 saturated carbocycles. The van der Waals surface area contributed by atoms with E-state index >= 15 is 0 Å². The second-order valence-corrected chi connectivity index (χ2v) is 4.54. The minimum absolute atomic E-state index is 0. The molecule has 2 aromatic rings. The van der Waals surface area contributed by atoms with Crippen molar-refractivity contribution in [3.05, 3.63) is 36.3 Å². The fourth-order valence-electron chi connectivity index (χ4n) is 2.29. The third-order valence-electron chi connectivity index (χ3n) is 3.24. The molecule has 19 heavy (non-hydrogen) atoms. The van der Waals surface area contributed by atoms with Crippen molar-refractivity contribution in [2.45, 2.75) is 18.9 Å². The quantitative estimate of drug-likeness (QED) is 0.920. The number of pyridine rings is 1. The zero-order valence-electron chi connectivity index (χ0n) is 10.4. The van der Waals surface area contributed by atoms with E-state index in [4.69, 9.17) is 4.74 Å². The monoisotopic (exact) mass is 282 g/mol. The molecule has 2 heterocycles. The van der Waals surface area contributed by atoms with Gasteiger partial charge < -0.3 is 10.1 Å². The molecule has 0 bridgehead atoms. The number of hydrogen-bond donors (Lipinski definition) is 1. The predicted octanol–water partition coefficient (Wildman–Crippen LogP) is 2.93. The van der Waals surface area contributed by atoms with E-state index in [0.717, 1.165) is 37.1 Å². The maximum atomic E-state index is 13.1. The van der Waals surface area contributed by atoms with Crippen LogP contribution >= 0.6 is 12.4 Å². The highest BCUT2D eigenvalue weighted by Gasteiger charge is 2.15.